The van der Waals surface area contributed by atoms with Crippen molar-refractivity contribution in [3.63, 3.8) is 0 Å². The third kappa shape index (κ3) is 14.5. The number of hydrogen-bond donors (Lipinski definition) is 1. The Hall–Kier alpha value is -1.05. The quantitative estimate of drug-likeness (QED) is 0.712. The molecule has 144 valence electrons. The molecule has 1 unspecified atom stereocenters. The van der Waals surface area contributed by atoms with Crippen molar-refractivity contribution in [3.05, 3.63) is 0 Å². The van der Waals surface area contributed by atoms with Gasteiger partial charge in [-0.15, -0.1) is 11.8 Å². The van der Waals surface area contributed by atoms with Crippen LogP contribution in [-0.4, -0.2) is 49.3 Å². The van der Waals surface area contributed by atoms with Gasteiger partial charge in [-0.1, -0.05) is 34.6 Å². The average Bonchev–Trinajstić information content (AvgIpc) is 2.55. The number of ether oxygens (including phenoxy) is 1. The molecular weight excluding hydrogens is 302 g/mol. The second-order valence-corrected chi connectivity index (χ2v) is 6.50. The summed E-state index contributed by atoms with van der Waals surface area (Å²) in [6.07, 6.45) is 1.66. The van der Waals surface area contributed by atoms with E-state index in [9.17, 15) is 4.79 Å². The Bertz CT molecular complexity index is 354. The molecule has 0 aromatic heterocycles. The lowest BCUT2D eigenvalue weighted by molar-refractivity contribution is -0.143. The molecule has 0 heterocycles. The number of aliphatic hydroxyl groups is 1. The highest BCUT2D eigenvalue weighted by Crippen LogP contribution is 2.20. The summed E-state index contributed by atoms with van der Waals surface area (Å²) in [4.78, 5) is 14.2. The van der Waals surface area contributed by atoms with Crippen LogP contribution in [0.4, 0.5) is 0 Å². The normalized spacial score (nSPS) is 11.2. The molecule has 0 aliphatic heterocycles. The molecule has 0 aromatic rings. The summed E-state index contributed by atoms with van der Waals surface area (Å²) in [7, 11) is 2.86. The Morgan fingerprint density at radius 2 is 1.67 bits per heavy atom. The lowest BCUT2D eigenvalue weighted by Crippen LogP contribution is -2.43. The van der Waals surface area contributed by atoms with E-state index in [0.29, 0.717) is 12.5 Å². The third-order valence-corrected chi connectivity index (χ3v) is 2.98. The summed E-state index contributed by atoms with van der Waals surface area (Å²) >= 11 is 0. The maximum atomic E-state index is 12.4. The topological polar surface area (TPSA) is 49.8 Å². The SMILES string of the molecule is CC.CCC#CCC(C)OCC(C)(C)C(=O)N(C)CC(C)C.CO. The number of carbonyl (C=O) groups excluding carboxylic acids is 1. The molecule has 1 amide bonds. The van der Waals surface area contributed by atoms with Crippen LogP contribution in [0.2, 0.25) is 0 Å². The Labute approximate surface area is 151 Å². The zero-order valence-corrected chi connectivity index (χ0v) is 17.7. The van der Waals surface area contributed by atoms with Crippen molar-refractivity contribution in [1.82, 2.24) is 4.90 Å². The van der Waals surface area contributed by atoms with Crippen molar-refractivity contribution in [2.45, 2.75) is 74.3 Å². The molecule has 0 rings (SSSR count). The predicted molar refractivity (Wildman–Crippen MR) is 104 cm³/mol. The number of hydrogen-bond acceptors (Lipinski definition) is 3. The van der Waals surface area contributed by atoms with Gasteiger partial charge in [-0.25, -0.2) is 0 Å². The third-order valence-electron chi connectivity index (χ3n) is 2.98. The average molecular weight is 344 g/mol. The lowest BCUT2D eigenvalue weighted by Gasteiger charge is -2.31. The molecule has 4 nitrogen and oxygen atoms in total. The zero-order valence-electron chi connectivity index (χ0n) is 17.7. The summed E-state index contributed by atoms with van der Waals surface area (Å²) in [5.41, 5.74) is -0.490. The van der Waals surface area contributed by atoms with E-state index >= 15 is 0 Å². The summed E-state index contributed by atoms with van der Waals surface area (Å²) in [6, 6.07) is 0. The number of rotatable bonds is 7. The van der Waals surface area contributed by atoms with Gasteiger partial charge in [0.1, 0.15) is 0 Å². The van der Waals surface area contributed by atoms with E-state index in [4.69, 9.17) is 9.84 Å². The first-order valence-corrected chi connectivity index (χ1v) is 8.98. The van der Waals surface area contributed by atoms with E-state index < -0.39 is 5.41 Å². The highest BCUT2D eigenvalue weighted by Gasteiger charge is 2.31. The summed E-state index contributed by atoms with van der Waals surface area (Å²) in [5, 5.41) is 7.00. The monoisotopic (exact) mass is 343 g/mol. The van der Waals surface area contributed by atoms with Crippen molar-refractivity contribution in [2.24, 2.45) is 11.3 Å². The van der Waals surface area contributed by atoms with E-state index in [1.807, 2.05) is 48.6 Å². The standard InChI is InChI=1S/C17H31NO2.C2H6.CH4O/c1-8-9-10-11-15(4)20-13-17(5,6)16(19)18(7)12-14(2)3;2*1-2/h14-15H,8,11-13H2,1-7H3;1-2H3;2H,1H3. The highest BCUT2D eigenvalue weighted by molar-refractivity contribution is 5.81. The first-order valence-electron chi connectivity index (χ1n) is 8.98. The van der Waals surface area contributed by atoms with Gasteiger partial charge in [-0.3, -0.25) is 4.79 Å². The Morgan fingerprint density at radius 1 is 1.17 bits per heavy atom. The van der Waals surface area contributed by atoms with Crippen LogP contribution < -0.4 is 0 Å². The van der Waals surface area contributed by atoms with Crippen molar-refractivity contribution in [3.8, 4) is 11.8 Å². The van der Waals surface area contributed by atoms with Gasteiger partial charge in [-0.2, -0.15) is 0 Å². The van der Waals surface area contributed by atoms with E-state index in [2.05, 4.69) is 25.7 Å². The second-order valence-electron chi connectivity index (χ2n) is 6.50. The van der Waals surface area contributed by atoms with Crippen LogP contribution in [0.5, 0.6) is 0 Å². The fourth-order valence-corrected chi connectivity index (χ4v) is 1.96. The molecule has 1 atom stereocenters. The molecule has 0 aromatic carbocycles. The molecule has 0 aliphatic rings. The van der Waals surface area contributed by atoms with Crippen molar-refractivity contribution >= 4 is 5.91 Å². The minimum atomic E-state index is -0.490. The van der Waals surface area contributed by atoms with E-state index in [-0.39, 0.29) is 12.0 Å². The van der Waals surface area contributed by atoms with Crippen LogP contribution in [0, 0.1) is 23.2 Å². The maximum absolute atomic E-state index is 12.4. The highest BCUT2D eigenvalue weighted by atomic mass is 16.5. The first kappa shape index (κ1) is 27.8. The Balaban J connectivity index is -0.00000102. The molecule has 0 spiro atoms. The minimum absolute atomic E-state index is 0.0662. The molecule has 24 heavy (non-hydrogen) atoms. The minimum Gasteiger partial charge on any atom is -0.400 e. The van der Waals surface area contributed by atoms with Gasteiger partial charge in [0.05, 0.1) is 18.1 Å². The molecular formula is C20H41NO3. The Morgan fingerprint density at radius 3 is 2.08 bits per heavy atom. The number of nitrogens with zero attached hydrogens (tertiary/aromatic N) is 1. The molecule has 0 radical (unpaired) electrons. The molecule has 0 saturated carbocycles. The van der Waals surface area contributed by atoms with Gasteiger partial charge >= 0.3 is 0 Å². The first-order chi connectivity index (χ1) is 11.2. The molecule has 0 saturated heterocycles. The van der Waals surface area contributed by atoms with Crippen molar-refractivity contribution in [1.29, 1.82) is 0 Å². The van der Waals surface area contributed by atoms with Crippen molar-refractivity contribution in [2.75, 3.05) is 27.3 Å². The van der Waals surface area contributed by atoms with Crippen molar-refractivity contribution < 1.29 is 14.6 Å². The van der Waals surface area contributed by atoms with E-state index in [1.54, 1.807) is 4.90 Å². The summed E-state index contributed by atoms with van der Waals surface area (Å²) < 4.78 is 5.78. The van der Waals surface area contributed by atoms with Crippen LogP contribution in [0.15, 0.2) is 0 Å². The van der Waals surface area contributed by atoms with Gasteiger partial charge < -0.3 is 14.7 Å². The number of carbonyl (C=O) groups is 1. The molecule has 0 aliphatic carbocycles. The zero-order chi connectivity index (χ0) is 19.8. The van der Waals surface area contributed by atoms with Crippen LogP contribution >= 0.6 is 0 Å². The lowest BCUT2D eigenvalue weighted by atomic mass is 9.92. The van der Waals surface area contributed by atoms with Gasteiger partial charge in [-0.05, 0) is 26.7 Å². The summed E-state index contributed by atoms with van der Waals surface area (Å²) in [5.74, 6) is 6.73. The predicted octanol–water partition coefficient (Wildman–Crippen LogP) is 3.97. The van der Waals surface area contributed by atoms with Crippen LogP contribution in [0.25, 0.3) is 0 Å². The molecule has 1 N–H and O–H groups in total. The maximum Gasteiger partial charge on any atom is 0.230 e. The fraction of sp³-hybridized carbons (Fsp3) is 0.850. The molecule has 4 heteroatoms. The second kappa shape index (κ2) is 16.8. The molecule has 0 fully saturated rings. The van der Waals surface area contributed by atoms with E-state index in [1.165, 1.54) is 0 Å². The number of aliphatic hydroxyl groups excluding tert-OH is 1. The van der Waals surface area contributed by atoms with Crippen LogP contribution in [-0.2, 0) is 9.53 Å². The van der Waals surface area contributed by atoms with Crippen LogP contribution in [0.1, 0.15) is 68.2 Å². The van der Waals surface area contributed by atoms with Gasteiger partial charge in [0.2, 0.25) is 5.91 Å². The largest absolute Gasteiger partial charge is 0.400 e. The Kier molecular flexibility index (Phi) is 19.4. The van der Waals surface area contributed by atoms with Gasteiger partial charge in [0.15, 0.2) is 0 Å². The van der Waals surface area contributed by atoms with Gasteiger partial charge in [0, 0.05) is 33.5 Å². The smallest absolute Gasteiger partial charge is 0.230 e. The van der Waals surface area contributed by atoms with Crippen LogP contribution in [0.3, 0.4) is 0 Å². The molecule has 0 bridgehead atoms. The number of amides is 1. The summed E-state index contributed by atoms with van der Waals surface area (Å²) in [6.45, 7) is 17.4. The van der Waals surface area contributed by atoms with Gasteiger partial charge in [0.25, 0.3) is 0 Å². The van der Waals surface area contributed by atoms with E-state index in [0.717, 1.165) is 26.5 Å². The fourth-order valence-electron chi connectivity index (χ4n) is 1.96.